The molecule has 0 radical (unpaired) electrons. The molecule has 1 aromatic carbocycles. The Hall–Kier alpha value is -1.42. The molecule has 130 valence electrons. The van der Waals surface area contributed by atoms with E-state index in [1.54, 1.807) is 35.7 Å². The minimum atomic E-state index is -3.58. The van der Waals surface area contributed by atoms with Crippen molar-refractivity contribution in [3.63, 3.8) is 0 Å². The lowest BCUT2D eigenvalue weighted by Crippen LogP contribution is -2.38. The number of anilines is 1. The number of hydrogen-bond donors (Lipinski definition) is 2. The third-order valence-corrected chi connectivity index (χ3v) is 8.51. The third-order valence-electron chi connectivity index (χ3n) is 3.72. The summed E-state index contributed by atoms with van der Waals surface area (Å²) in [5, 5.41) is 4.79. The Morgan fingerprint density at radius 3 is 2.71 bits per heavy atom. The summed E-state index contributed by atoms with van der Waals surface area (Å²) >= 11 is 1.15. The van der Waals surface area contributed by atoms with Gasteiger partial charge in [-0.2, -0.15) is 4.72 Å². The van der Waals surface area contributed by atoms with Gasteiger partial charge in [-0.25, -0.2) is 16.8 Å². The molecule has 9 heteroatoms. The summed E-state index contributed by atoms with van der Waals surface area (Å²) in [6.45, 7) is 1.82. The van der Waals surface area contributed by atoms with Crippen LogP contribution in [0.2, 0.25) is 0 Å². The predicted molar refractivity (Wildman–Crippen MR) is 94.5 cm³/mol. The minimum Gasteiger partial charge on any atom is -0.368 e. The Bertz CT molecular complexity index is 935. The highest BCUT2D eigenvalue weighted by Crippen LogP contribution is 2.29. The summed E-state index contributed by atoms with van der Waals surface area (Å²) in [6.07, 6.45) is 0.465. The van der Waals surface area contributed by atoms with E-state index in [4.69, 9.17) is 0 Å². The van der Waals surface area contributed by atoms with Crippen LogP contribution in [0.3, 0.4) is 0 Å². The molecule has 1 aromatic heterocycles. The number of benzene rings is 1. The Morgan fingerprint density at radius 1 is 1.25 bits per heavy atom. The maximum Gasteiger partial charge on any atom is 0.251 e. The van der Waals surface area contributed by atoms with E-state index in [1.807, 2.05) is 6.92 Å². The van der Waals surface area contributed by atoms with E-state index < -0.39 is 26.0 Å². The van der Waals surface area contributed by atoms with Crippen LogP contribution in [-0.2, 0) is 26.3 Å². The Morgan fingerprint density at radius 2 is 2.04 bits per heavy atom. The van der Waals surface area contributed by atoms with Crippen molar-refractivity contribution >= 4 is 36.9 Å². The monoisotopic (exact) mass is 386 g/mol. The lowest BCUT2D eigenvalue weighted by Gasteiger charge is -2.12. The molecule has 0 saturated heterocycles. The van der Waals surface area contributed by atoms with Gasteiger partial charge in [0.15, 0.2) is 9.84 Å². The fourth-order valence-corrected chi connectivity index (χ4v) is 6.18. The van der Waals surface area contributed by atoms with Gasteiger partial charge in [0.25, 0.3) is 10.0 Å². The normalized spacial score (nSPS) is 17.5. The van der Waals surface area contributed by atoms with Gasteiger partial charge in [0.1, 0.15) is 4.21 Å². The maximum atomic E-state index is 12.3. The molecule has 24 heavy (non-hydrogen) atoms. The minimum absolute atomic E-state index is 0.105. The predicted octanol–water partition coefficient (Wildman–Crippen LogP) is 2.20. The Kier molecular flexibility index (Phi) is 4.69. The zero-order chi connectivity index (χ0) is 17.4. The molecule has 0 saturated carbocycles. The molecule has 0 fully saturated rings. The van der Waals surface area contributed by atoms with Crippen LogP contribution in [-0.4, -0.2) is 28.8 Å². The number of hydrogen-bond acceptors (Lipinski definition) is 6. The van der Waals surface area contributed by atoms with E-state index in [2.05, 4.69) is 10.0 Å². The standard InChI is InChI=1S/C15H18N2O4S3/c1-2-8-23(18,19)12-5-6-13-11(9-12)10-14(16-13)17-24(20,21)15-4-3-7-22-15/h3-7,9,14,16-17H,2,8,10H2,1H3. The van der Waals surface area contributed by atoms with Crippen LogP contribution in [0.5, 0.6) is 0 Å². The highest BCUT2D eigenvalue weighted by Gasteiger charge is 2.27. The molecule has 0 bridgehead atoms. The molecule has 1 aliphatic rings. The van der Waals surface area contributed by atoms with Gasteiger partial charge in [-0.15, -0.1) is 11.3 Å². The van der Waals surface area contributed by atoms with E-state index in [-0.39, 0.29) is 14.9 Å². The van der Waals surface area contributed by atoms with Crippen molar-refractivity contribution in [1.29, 1.82) is 0 Å². The quantitative estimate of drug-likeness (QED) is 0.794. The van der Waals surface area contributed by atoms with Crippen molar-refractivity contribution in [2.24, 2.45) is 0 Å². The Labute approximate surface area is 145 Å². The second kappa shape index (κ2) is 6.47. The van der Waals surface area contributed by atoms with Crippen molar-refractivity contribution in [3.05, 3.63) is 41.3 Å². The summed E-state index contributed by atoms with van der Waals surface area (Å²) in [5.74, 6) is 0.105. The van der Waals surface area contributed by atoms with Crippen LogP contribution in [0, 0.1) is 0 Å². The first kappa shape index (κ1) is 17.4. The zero-order valence-corrected chi connectivity index (χ0v) is 15.5. The first-order valence-corrected chi connectivity index (χ1v) is 11.5. The SMILES string of the molecule is CCCS(=O)(=O)c1ccc2c(c1)CC(NS(=O)(=O)c1cccs1)N2. The largest absolute Gasteiger partial charge is 0.368 e. The summed E-state index contributed by atoms with van der Waals surface area (Å²) in [5.41, 5.74) is 1.55. The molecule has 3 rings (SSSR count). The van der Waals surface area contributed by atoms with Gasteiger partial charge in [0, 0.05) is 12.1 Å². The van der Waals surface area contributed by atoms with Crippen LogP contribution in [0.15, 0.2) is 44.8 Å². The molecule has 2 heterocycles. The molecular weight excluding hydrogens is 368 g/mol. The number of sulfone groups is 1. The van der Waals surface area contributed by atoms with Crippen LogP contribution in [0.4, 0.5) is 5.69 Å². The summed E-state index contributed by atoms with van der Waals surface area (Å²) < 4.78 is 51.8. The second-order valence-electron chi connectivity index (χ2n) is 5.59. The maximum absolute atomic E-state index is 12.3. The average molecular weight is 387 g/mol. The first-order valence-electron chi connectivity index (χ1n) is 7.50. The van der Waals surface area contributed by atoms with Crippen molar-refractivity contribution < 1.29 is 16.8 Å². The second-order valence-corrected chi connectivity index (χ2v) is 10.6. The van der Waals surface area contributed by atoms with Gasteiger partial charge in [-0.3, -0.25) is 0 Å². The topological polar surface area (TPSA) is 92.3 Å². The van der Waals surface area contributed by atoms with Gasteiger partial charge < -0.3 is 5.32 Å². The van der Waals surface area contributed by atoms with Gasteiger partial charge in [-0.05, 0) is 41.6 Å². The summed E-state index contributed by atoms with van der Waals surface area (Å²) in [7, 11) is -6.86. The average Bonchev–Trinajstić information content (AvgIpc) is 3.15. The zero-order valence-electron chi connectivity index (χ0n) is 13.0. The lowest BCUT2D eigenvalue weighted by molar-refractivity contribution is 0.569. The van der Waals surface area contributed by atoms with Crippen molar-refractivity contribution in [1.82, 2.24) is 4.72 Å². The van der Waals surface area contributed by atoms with Gasteiger partial charge in [-0.1, -0.05) is 13.0 Å². The number of fused-ring (bicyclic) bond motifs is 1. The molecule has 2 aromatic rings. The van der Waals surface area contributed by atoms with Gasteiger partial charge in [0.05, 0.1) is 16.8 Å². The summed E-state index contributed by atoms with van der Waals surface area (Å²) in [6, 6.07) is 8.11. The fourth-order valence-electron chi connectivity index (χ4n) is 2.65. The molecule has 1 aliphatic heterocycles. The third kappa shape index (κ3) is 3.49. The highest BCUT2D eigenvalue weighted by molar-refractivity contribution is 7.91. The van der Waals surface area contributed by atoms with Crippen molar-refractivity contribution in [2.45, 2.75) is 35.0 Å². The molecule has 2 N–H and O–H groups in total. The first-order chi connectivity index (χ1) is 11.3. The van der Waals surface area contributed by atoms with E-state index in [9.17, 15) is 16.8 Å². The van der Waals surface area contributed by atoms with Crippen LogP contribution >= 0.6 is 11.3 Å². The van der Waals surface area contributed by atoms with E-state index in [0.29, 0.717) is 12.8 Å². The molecule has 0 spiro atoms. The lowest BCUT2D eigenvalue weighted by atomic mass is 10.1. The summed E-state index contributed by atoms with van der Waals surface area (Å²) in [4.78, 5) is 0.284. The molecule has 0 aliphatic carbocycles. The molecule has 1 unspecified atom stereocenters. The van der Waals surface area contributed by atoms with E-state index in [0.717, 1.165) is 22.6 Å². The molecule has 1 atom stereocenters. The highest BCUT2D eigenvalue weighted by atomic mass is 32.2. The number of rotatable bonds is 6. The number of sulfonamides is 1. The smallest absolute Gasteiger partial charge is 0.251 e. The number of thiophene rings is 1. The molecule has 0 amide bonds. The van der Waals surface area contributed by atoms with E-state index >= 15 is 0 Å². The van der Waals surface area contributed by atoms with E-state index in [1.165, 1.54) is 0 Å². The molecule has 6 nitrogen and oxygen atoms in total. The van der Waals surface area contributed by atoms with Crippen molar-refractivity contribution in [2.75, 3.05) is 11.1 Å². The van der Waals surface area contributed by atoms with Gasteiger partial charge in [0.2, 0.25) is 0 Å². The van der Waals surface area contributed by atoms with Crippen molar-refractivity contribution in [3.8, 4) is 0 Å². The Balaban J connectivity index is 1.78. The van der Waals surface area contributed by atoms with Crippen LogP contribution in [0.25, 0.3) is 0 Å². The van der Waals surface area contributed by atoms with Crippen LogP contribution < -0.4 is 10.0 Å². The molecular formula is C15H18N2O4S3. The van der Waals surface area contributed by atoms with Crippen LogP contribution in [0.1, 0.15) is 18.9 Å². The van der Waals surface area contributed by atoms with Gasteiger partial charge >= 0.3 is 0 Å². The number of nitrogens with one attached hydrogen (secondary N) is 2. The fraction of sp³-hybridized carbons (Fsp3) is 0.333.